The molecule has 0 spiro atoms. The van der Waals surface area contributed by atoms with Crippen molar-refractivity contribution in [2.75, 3.05) is 32.4 Å². The number of rotatable bonds is 4. The normalized spacial score (nSPS) is 28.1. The summed E-state index contributed by atoms with van der Waals surface area (Å²) in [4.78, 5) is 2.39. The third kappa shape index (κ3) is 3.14. The van der Waals surface area contributed by atoms with Gasteiger partial charge in [0, 0.05) is 25.0 Å². The van der Waals surface area contributed by atoms with Crippen molar-refractivity contribution >= 4 is 10.0 Å². The molecule has 2 fully saturated rings. The van der Waals surface area contributed by atoms with Crippen molar-refractivity contribution in [1.82, 2.24) is 9.21 Å². The summed E-state index contributed by atoms with van der Waals surface area (Å²) in [7, 11) is -3.18. The Bertz CT molecular complexity index is 820. The number of furan rings is 1. The topological polar surface area (TPSA) is 53.8 Å². The maximum atomic E-state index is 12.2. The van der Waals surface area contributed by atoms with Crippen LogP contribution in [0.4, 0.5) is 0 Å². The Hall–Kier alpha value is -1.63. The second-order valence-corrected chi connectivity index (χ2v) is 9.32. The van der Waals surface area contributed by atoms with Gasteiger partial charge in [0.05, 0.1) is 19.1 Å². The van der Waals surface area contributed by atoms with Crippen LogP contribution in [0.25, 0.3) is 0 Å². The van der Waals surface area contributed by atoms with Gasteiger partial charge in [0.1, 0.15) is 5.76 Å². The van der Waals surface area contributed by atoms with Gasteiger partial charge in [-0.3, -0.25) is 4.90 Å². The van der Waals surface area contributed by atoms with Crippen LogP contribution in [0.15, 0.2) is 53.1 Å². The summed E-state index contributed by atoms with van der Waals surface area (Å²) in [6.07, 6.45) is 3.99. The highest BCUT2D eigenvalue weighted by atomic mass is 32.2. The van der Waals surface area contributed by atoms with Gasteiger partial charge in [-0.1, -0.05) is 30.3 Å². The molecule has 0 bridgehead atoms. The van der Waals surface area contributed by atoms with Crippen LogP contribution in [-0.2, 0) is 22.0 Å². The molecule has 0 N–H and O–H groups in total. The summed E-state index contributed by atoms with van der Waals surface area (Å²) in [5, 5.41) is 0. The molecule has 6 heteroatoms. The molecule has 0 saturated carbocycles. The number of benzene rings is 1. The van der Waals surface area contributed by atoms with E-state index in [1.165, 1.54) is 11.8 Å². The summed E-state index contributed by atoms with van der Waals surface area (Å²) >= 11 is 0. The van der Waals surface area contributed by atoms with Gasteiger partial charge in [-0.15, -0.1) is 0 Å². The van der Waals surface area contributed by atoms with Crippen LogP contribution in [0.2, 0.25) is 0 Å². The Morgan fingerprint density at radius 2 is 1.96 bits per heavy atom. The third-order valence-corrected chi connectivity index (χ3v) is 7.01. The Balaban J connectivity index is 1.62. The molecule has 2 aliphatic rings. The molecule has 5 nitrogen and oxygen atoms in total. The Morgan fingerprint density at radius 1 is 1.16 bits per heavy atom. The molecule has 2 saturated heterocycles. The van der Waals surface area contributed by atoms with Gasteiger partial charge in [-0.2, -0.15) is 0 Å². The minimum Gasteiger partial charge on any atom is -0.468 e. The number of likely N-dealkylation sites (tertiary alicyclic amines) is 1. The first-order valence-corrected chi connectivity index (χ1v) is 10.6. The molecule has 1 aromatic heterocycles. The molecule has 2 atom stereocenters. The molecule has 2 aliphatic heterocycles. The molecule has 3 heterocycles. The van der Waals surface area contributed by atoms with E-state index in [2.05, 4.69) is 29.2 Å². The van der Waals surface area contributed by atoms with E-state index < -0.39 is 10.0 Å². The van der Waals surface area contributed by atoms with E-state index in [4.69, 9.17) is 4.42 Å². The predicted molar refractivity (Wildman–Crippen MR) is 96.6 cm³/mol. The maximum Gasteiger partial charge on any atom is 0.211 e. The number of hydrogen-bond donors (Lipinski definition) is 0. The highest BCUT2D eigenvalue weighted by Gasteiger charge is 2.52. The van der Waals surface area contributed by atoms with Gasteiger partial charge in [-0.25, -0.2) is 12.7 Å². The van der Waals surface area contributed by atoms with Crippen molar-refractivity contribution < 1.29 is 12.8 Å². The molecule has 2 aromatic rings. The van der Waals surface area contributed by atoms with Gasteiger partial charge in [0.15, 0.2) is 0 Å². The first-order valence-electron chi connectivity index (χ1n) is 8.73. The molecule has 134 valence electrons. The van der Waals surface area contributed by atoms with Gasteiger partial charge in [0.25, 0.3) is 0 Å². The minimum absolute atomic E-state index is 0.0794. The fraction of sp³-hybridized carbons (Fsp3) is 0.474. The van der Waals surface area contributed by atoms with E-state index in [-0.39, 0.29) is 5.41 Å². The van der Waals surface area contributed by atoms with Gasteiger partial charge in [-0.05, 0) is 36.6 Å². The van der Waals surface area contributed by atoms with Crippen LogP contribution in [0.3, 0.4) is 0 Å². The number of hydrogen-bond acceptors (Lipinski definition) is 4. The van der Waals surface area contributed by atoms with E-state index in [0.29, 0.717) is 19.0 Å². The van der Waals surface area contributed by atoms with E-state index in [1.807, 2.05) is 18.2 Å². The van der Waals surface area contributed by atoms with Crippen LogP contribution in [0.5, 0.6) is 0 Å². The molecule has 4 rings (SSSR count). The van der Waals surface area contributed by atoms with Crippen molar-refractivity contribution in [2.24, 2.45) is 5.92 Å². The summed E-state index contributed by atoms with van der Waals surface area (Å²) in [6.45, 7) is 3.82. The third-order valence-electron chi connectivity index (χ3n) is 5.79. The lowest BCUT2D eigenvalue weighted by molar-refractivity contribution is 0.110. The average Bonchev–Trinajstić information content (AvgIpc) is 3.23. The van der Waals surface area contributed by atoms with Crippen molar-refractivity contribution in [1.29, 1.82) is 0 Å². The Morgan fingerprint density at radius 3 is 2.64 bits per heavy atom. The fourth-order valence-corrected chi connectivity index (χ4v) is 5.38. The zero-order chi connectivity index (χ0) is 17.5. The van der Waals surface area contributed by atoms with Gasteiger partial charge < -0.3 is 4.42 Å². The van der Waals surface area contributed by atoms with Crippen molar-refractivity contribution in [2.45, 2.75) is 18.4 Å². The maximum absolute atomic E-state index is 12.2. The van der Waals surface area contributed by atoms with Crippen molar-refractivity contribution in [3.05, 3.63) is 60.1 Å². The zero-order valence-electron chi connectivity index (χ0n) is 14.5. The standard InChI is InChI=1S/C19H24N2O3S/c1-25(22,23)21-13-17-12-20(14-18-8-5-11-24-18)10-9-19(17,15-21)16-6-3-2-4-7-16/h2-8,11,17H,9-10,12-15H2,1H3/t17-,19-/m1/s1. The molecule has 25 heavy (non-hydrogen) atoms. The molecular formula is C19H24N2O3S. The zero-order valence-corrected chi connectivity index (χ0v) is 15.3. The second-order valence-electron chi connectivity index (χ2n) is 7.34. The summed E-state index contributed by atoms with van der Waals surface area (Å²) in [6, 6.07) is 14.3. The van der Waals surface area contributed by atoms with Crippen LogP contribution < -0.4 is 0 Å². The fourth-order valence-electron chi connectivity index (χ4n) is 4.47. The monoisotopic (exact) mass is 360 g/mol. The number of nitrogens with zero attached hydrogens (tertiary/aromatic N) is 2. The quantitative estimate of drug-likeness (QED) is 0.840. The minimum atomic E-state index is -3.18. The van der Waals surface area contributed by atoms with Crippen LogP contribution >= 0.6 is 0 Å². The van der Waals surface area contributed by atoms with Crippen LogP contribution in [0.1, 0.15) is 17.7 Å². The van der Waals surface area contributed by atoms with E-state index >= 15 is 0 Å². The van der Waals surface area contributed by atoms with E-state index in [0.717, 1.165) is 31.8 Å². The molecule has 0 unspecified atom stereocenters. The van der Waals surface area contributed by atoms with E-state index in [1.54, 1.807) is 10.6 Å². The predicted octanol–water partition coefficient (Wildman–Crippen LogP) is 2.31. The van der Waals surface area contributed by atoms with Gasteiger partial charge in [0.2, 0.25) is 10.0 Å². The molecule has 0 amide bonds. The first-order chi connectivity index (χ1) is 12.0. The summed E-state index contributed by atoms with van der Waals surface area (Å²) in [5.41, 5.74) is 1.19. The molecule has 0 radical (unpaired) electrons. The highest BCUT2D eigenvalue weighted by Crippen LogP contribution is 2.46. The first kappa shape index (κ1) is 16.8. The summed E-state index contributed by atoms with van der Waals surface area (Å²) in [5.74, 6) is 1.26. The number of sulfonamides is 1. The largest absolute Gasteiger partial charge is 0.468 e. The lowest BCUT2D eigenvalue weighted by Crippen LogP contribution is -2.49. The SMILES string of the molecule is CS(=O)(=O)N1C[C@H]2CN(Cc3ccco3)CC[C@]2(c2ccccc2)C1. The average molecular weight is 360 g/mol. The lowest BCUT2D eigenvalue weighted by atomic mass is 9.68. The van der Waals surface area contributed by atoms with Gasteiger partial charge >= 0.3 is 0 Å². The lowest BCUT2D eigenvalue weighted by Gasteiger charge is -2.43. The van der Waals surface area contributed by atoms with E-state index in [9.17, 15) is 8.42 Å². The van der Waals surface area contributed by atoms with Crippen LogP contribution in [-0.4, -0.2) is 50.1 Å². The Kier molecular flexibility index (Phi) is 4.22. The van der Waals surface area contributed by atoms with Crippen molar-refractivity contribution in [3.8, 4) is 0 Å². The number of fused-ring (bicyclic) bond motifs is 1. The van der Waals surface area contributed by atoms with Crippen LogP contribution in [0, 0.1) is 5.92 Å². The number of piperidine rings is 1. The molecule has 1 aromatic carbocycles. The molecule has 0 aliphatic carbocycles. The Labute approximate surface area is 149 Å². The smallest absolute Gasteiger partial charge is 0.211 e. The second kappa shape index (κ2) is 6.27. The molecular weight excluding hydrogens is 336 g/mol. The highest BCUT2D eigenvalue weighted by molar-refractivity contribution is 7.88. The van der Waals surface area contributed by atoms with Crippen molar-refractivity contribution in [3.63, 3.8) is 0 Å². The summed E-state index contributed by atoms with van der Waals surface area (Å²) < 4.78 is 31.5.